The van der Waals surface area contributed by atoms with Crippen molar-refractivity contribution in [2.75, 3.05) is 6.61 Å². The SMILES string of the molecule is C[C@H](CO)[C@H]1CC[C@H]2[C@@H]3CCC4=CC(=O)C=C[C@]4(C)[C@H]3[C@H](O)C[C@]12C. The lowest BCUT2D eigenvalue weighted by atomic mass is 9.46. The number of carbonyl (C=O) groups excluding carboxylic acids is 1. The van der Waals surface area contributed by atoms with Crippen molar-refractivity contribution in [2.24, 2.45) is 40.4 Å². The fraction of sp³-hybridized carbons (Fsp3) is 0.773. The summed E-state index contributed by atoms with van der Waals surface area (Å²) in [6.45, 7) is 7.00. The average Bonchev–Trinajstić information content (AvgIpc) is 2.91. The van der Waals surface area contributed by atoms with Crippen LogP contribution >= 0.6 is 0 Å². The largest absolute Gasteiger partial charge is 0.396 e. The molecule has 4 rings (SSSR count). The lowest BCUT2D eigenvalue weighted by Gasteiger charge is -2.59. The van der Waals surface area contributed by atoms with Gasteiger partial charge in [-0.3, -0.25) is 4.79 Å². The molecule has 0 radical (unpaired) electrons. The highest BCUT2D eigenvalue weighted by molar-refractivity contribution is 6.01. The number of hydrogen-bond donors (Lipinski definition) is 2. The monoisotopic (exact) mass is 344 g/mol. The molecule has 8 atom stereocenters. The van der Waals surface area contributed by atoms with Gasteiger partial charge in [-0.05, 0) is 73.3 Å². The smallest absolute Gasteiger partial charge is 0.178 e. The topological polar surface area (TPSA) is 57.5 Å². The van der Waals surface area contributed by atoms with Gasteiger partial charge in [0.05, 0.1) is 6.10 Å². The Morgan fingerprint density at radius 1 is 1.28 bits per heavy atom. The van der Waals surface area contributed by atoms with E-state index >= 15 is 0 Å². The Hall–Kier alpha value is -0.930. The summed E-state index contributed by atoms with van der Waals surface area (Å²) in [5.74, 6) is 2.28. The molecule has 0 aromatic rings. The Morgan fingerprint density at radius 2 is 2.04 bits per heavy atom. The number of rotatable bonds is 2. The zero-order valence-corrected chi connectivity index (χ0v) is 15.7. The maximum absolute atomic E-state index is 11.8. The number of ketones is 1. The van der Waals surface area contributed by atoms with Gasteiger partial charge in [-0.2, -0.15) is 0 Å². The summed E-state index contributed by atoms with van der Waals surface area (Å²) in [6, 6.07) is 0. The molecule has 0 unspecified atom stereocenters. The first-order valence-corrected chi connectivity index (χ1v) is 10.0. The molecular formula is C22H32O3. The second-order valence-corrected chi connectivity index (χ2v) is 9.64. The van der Waals surface area contributed by atoms with Crippen LogP contribution < -0.4 is 0 Å². The highest BCUT2D eigenvalue weighted by Gasteiger charge is 2.61. The zero-order valence-electron chi connectivity index (χ0n) is 15.7. The third-order valence-corrected chi connectivity index (χ3v) is 8.54. The number of fused-ring (bicyclic) bond motifs is 5. The van der Waals surface area contributed by atoms with E-state index in [1.54, 1.807) is 6.08 Å². The maximum atomic E-state index is 11.8. The minimum absolute atomic E-state index is 0.0961. The first-order chi connectivity index (χ1) is 11.8. The third-order valence-electron chi connectivity index (χ3n) is 8.54. The Morgan fingerprint density at radius 3 is 2.76 bits per heavy atom. The molecule has 0 aromatic heterocycles. The Balaban J connectivity index is 1.70. The molecule has 0 amide bonds. The molecule has 0 spiro atoms. The zero-order chi connectivity index (χ0) is 18.0. The Kier molecular flexibility index (Phi) is 4.05. The molecule has 3 saturated carbocycles. The third kappa shape index (κ3) is 2.35. The molecule has 3 fully saturated rings. The van der Waals surface area contributed by atoms with Gasteiger partial charge in [-0.1, -0.05) is 32.4 Å². The van der Waals surface area contributed by atoms with Gasteiger partial charge in [-0.15, -0.1) is 0 Å². The van der Waals surface area contributed by atoms with Gasteiger partial charge >= 0.3 is 0 Å². The quantitative estimate of drug-likeness (QED) is 0.806. The van der Waals surface area contributed by atoms with Crippen LogP contribution in [0.15, 0.2) is 23.8 Å². The molecule has 3 nitrogen and oxygen atoms in total. The minimum atomic E-state index is -0.329. The fourth-order valence-electron chi connectivity index (χ4n) is 7.43. The van der Waals surface area contributed by atoms with E-state index in [9.17, 15) is 15.0 Å². The van der Waals surface area contributed by atoms with Crippen LogP contribution in [0.4, 0.5) is 0 Å². The van der Waals surface area contributed by atoms with Gasteiger partial charge in [0.2, 0.25) is 0 Å². The molecule has 138 valence electrons. The number of allylic oxidation sites excluding steroid dienone is 4. The van der Waals surface area contributed by atoms with Crippen LogP contribution in [-0.4, -0.2) is 28.7 Å². The van der Waals surface area contributed by atoms with Crippen LogP contribution in [0.1, 0.15) is 52.9 Å². The van der Waals surface area contributed by atoms with Crippen molar-refractivity contribution in [2.45, 2.75) is 59.0 Å². The van der Waals surface area contributed by atoms with E-state index in [1.165, 1.54) is 18.4 Å². The highest BCUT2D eigenvalue weighted by Crippen LogP contribution is 2.66. The molecule has 25 heavy (non-hydrogen) atoms. The van der Waals surface area contributed by atoms with Crippen molar-refractivity contribution >= 4 is 5.78 Å². The first-order valence-electron chi connectivity index (χ1n) is 10.0. The van der Waals surface area contributed by atoms with E-state index in [4.69, 9.17) is 0 Å². The summed E-state index contributed by atoms with van der Waals surface area (Å²) >= 11 is 0. The molecule has 3 heteroatoms. The van der Waals surface area contributed by atoms with Gasteiger partial charge in [0.15, 0.2) is 5.78 Å². The lowest BCUT2D eigenvalue weighted by Crippen LogP contribution is -2.56. The number of hydrogen-bond acceptors (Lipinski definition) is 3. The van der Waals surface area contributed by atoms with Crippen LogP contribution in [0, 0.1) is 40.4 Å². The van der Waals surface area contributed by atoms with Crippen LogP contribution in [0.25, 0.3) is 0 Å². The fourth-order valence-corrected chi connectivity index (χ4v) is 7.43. The molecule has 4 aliphatic carbocycles. The molecule has 0 bridgehead atoms. The molecule has 0 aromatic carbocycles. The van der Waals surface area contributed by atoms with Gasteiger partial charge in [0.25, 0.3) is 0 Å². The van der Waals surface area contributed by atoms with Crippen LogP contribution in [0.3, 0.4) is 0 Å². The second-order valence-electron chi connectivity index (χ2n) is 9.64. The molecule has 2 N–H and O–H groups in total. The van der Waals surface area contributed by atoms with Crippen molar-refractivity contribution in [1.29, 1.82) is 0 Å². The highest BCUT2D eigenvalue weighted by atomic mass is 16.3. The summed E-state index contributed by atoms with van der Waals surface area (Å²) in [6.07, 6.45) is 10.6. The predicted molar refractivity (Wildman–Crippen MR) is 97.7 cm³/mol. The van der Waals surface area contributed by atoms with Gasteiger partial charge in [-0.25, -0.2) is 0 Å². The molecule has 0 aliphatic heterocycles. The van der Waals surface area contributed by atoms with Gasteiger partial charge in [0, 0.05) is 17.9 Å². The van der Waals surface area contributed by atoms with Crippen molar-refractivity contribution in [1.82, 2.24) is 0 Å². The summed E-state index contributed by atoms with van der Waals surface area (Å²) in [4.78, 5) is 11.8. The van der Waals surface area contributed by atoms with Crippen LogP contribution in [0.5, 0.6) is 0 Å². The molecular weight excluding hydrogens is 312 g/mol. The Labute approximate surface area is 151 Å². The molecule has 0 heterocycles. The average molecular weight is 344 g/mol. The van der Waals surface area contributed by atoms with E-state index in [-0.39, 0.29) is 35.2 Å². The number of aliphatic hydroxyl groups is 2. The summed E-state index contributed by atoms with van der Waals surface area (Å²) in [5, 5.41) is 21.0. The van der Waals surface area contributed by atoms with Crippen molar-refractivity contribution in [3.8, 4) is 0 Å². The standard InChI is InChI=1S/C22H32O3/c1-13(12-23)17-6-7-18-16-5-4-14-10-15(24)8-9-21(14,2)20(16)19(25)11-22(17,18)3/h8-10,13,16-20,23,25H,4-7,11-12H2,1-3H3/t13-,16+,17-,18+,19-,20-,21+,22-/m1/s1. The van der Waals surface area contributed by atoms with Crippen molar-refractivity contribution in [3.05, 3.63) is 23.8 Å². The maximum Gasteiger partial charge on any atom is 0.178 e. The number of carbonyl (C=O) groups is 1. The first kappa shape index (κ1) is 17.5. The van der Waals surface area contributed by atoms with E-state index in [0.717, 1.165) is 19.3 Å². The summed E-state index contributed by atoms with van der Waals surface area (Å²) < 4.78 is 0. The predicted octanol–water partition coefficient (Wildman–Crippen LogP) is 3.51. The van der Waals surface area contributed by atoms with Crippen molar-refractivity contribution in [3.63, 3.8) is 0 Å². The minimum Gasteiger partial charge on any atom is -0.396 e. The molecule has 0 saturated heterocycles. The normalized spacial score (nSPS) is 49.9. The van der Waals surface area contributed by atoms with E-state index in [1.807, 2.05) is 6.08 Å². The van der Waals surface area contributed by atoms with Gasteiger partial charge in [0.1, 0.15) is 0 Å². The Bertz CT molecular complexity index is 635. The van der Waals surface area contributed by atoms with Gasteiger partial charge < -0.3 is 10.2 Å². The summed E-state index contributed by atoms with van der Waals surface area (Å²) in [7, 11) is 0. The second kappa shape index (κ2) is 5.79. The summed E-state index contributed by atoms with van der Waals surface area (Å²) in [5.41, 5.74) is 1.19. The van der Waals surface area contributed by atoms with E-state index < -0.39 is 0 Å². The number of aliphatic hydroxyl groups excluding tert-OH is 2. The van der Waals surface area contributed by atoms with Crippen molar-refractivity contribution < 1.29 is 15.0 Å². The van der Waals surface area contributed by atoms with E-state index in [2.05, 4.69) is 26.8 Å². The molecule has 4 aliphatic rings. The van der Waals surface area contributed by atoms with Crippen LogP contribution in [-0.2, 0) is 4.79 Å². The van der Waals surface area contributed by atoms with E-state index in [0.29, 0.717) is 23.7 Å². The van der Waals surface area contributed by atoms with Crippen LogP contribution in [0.2, 0.25) is 0 Å². The lowest BCUT2D eigenvalue weighted by molar-refractivity contribution is -0.123.